The van der Waals surface area contributed by atoms with Crippen molar-refractivity contribution in [2.45, 2.75) is 12.5 Å². The SMILES string of the molecule is O=C1CC(n2nnc3ccccc32)c2cc(Br)ccc21. The number of benzene rings is 2. The summed E-state index contributed by atoms with van der Waals surface area (Å²) in [5.74, 6) is 0.164. The van der Waals surface area contributed by atoms with Gasteiger partial charge in [0, 0.05) is 16.5 Å². The topological polar surface area (TPSA) is 47.8 Å². The zero-order chi connectivity index (χ0) is 13.7. The highest BCUT2D eigenvalue weighted by molar-refractivity contribution is 9.10. The Bertz CT molecular complexity index is 840. The highest BCUT2D eigenvalue weighted by Crippen LogP contribution is 2.36. The number of hydrogen-bond donors (Lipinski definition) is 0. The lowest BCUT2D eigenvalue weighted by molar-refractivity contribution is 0.0985. The maximum absolute atomic E-state index is 12.1. The van der Waals surface area contributed by atoms with Gasteiger partial charge in [0.2, 0.25) is 0 Å². The minimum absolute atomic E-state index is 0.0672. The second-order valence-electron chi connectivity index (χ2n) is 4.90. The monoisotopic (exact) mass is 327 g/mol. The highest BCUT2D eigenvalue weighted by atomic mass is 79.9. The van der Waals surface area contributed by atoms with Gasteiger partial charge in [-0.1, -0.05) is 33.3 Å². The molecule has 1 heterocycles. The second kappa shape index (κ2) is 4.24. The van der Waals surface area contributed by atoms with Gasteiger partial charge in [-0.3, -0.25) is 4.79 Å². The first kappa shape index (κ1) is 11.8. The van der Waals surface area contributed by atoms with Gasteiger partial charge in [-0.25, -0.2) is 4.68 Å². The van der Waals surface area contributed by atoms with Gasteiger partial charge in [0.25, 0.3) is 0 Å². The third kappa shape index (κ3) is 1.63. The van der Waals surface area contributed by atoms with E-state index in [0.29, 0.717) is 6.42 Å². The van der Waals surface area contributed by atoms with Crippen molar-refractivity contribution in [1.82, 2.24) is 15.0 Å². The van der Waals surface area contributed by atoms with Crippen LogP contribution in [0.4, 0.5) is 0 Å². The van der Waals surface area contributed by atoms with Gasteiger partial charge in [0.15, 0.2) is 5.78 Å². The van der Waals surface area contributed by atoms with Crippen molar-refractivity contribution in [3.8, 4) is 0 Å². The van der Waals surface area contributed by atoms with Crippen LogP contribution >= 0.6 is 15.9 Å². The molecule has 1 aliphatic rings. The molecule has 0 spiro atoms. The van der Waals surface area contributed by atoms with Crippen molar-refractivity contribution in [3.05, 3.63) is 58.1 Å². The van der Waals surface area contributed by atoms with E-state index in [0.717, 1.165) is 26.6 Å². The molecule has 1 atom stereocenters. The Labute approximate surface area is 123 Å². The molecule has 5 heteroatoms. The number of halogens is 1. The maximum Gasteiger partial charge on any atom is 0.165 e. The van der Waals surface area contributed by atoms with Crippen LogP contribution in [-0.2, 0) is 0 Å². The minimum Gasteiger partial charge on any atom is -0.294 e. The Morgan fingerprint density at radius 2 is 2.05 bits per heavy atom. The van der Waals surface area contributed by atoms with E-state index in [2.05, 4.69) is 26.2 Å². The number of fused-ring (bicyclic) bond motifs is 2. The molecule has 98 valence electrons. The summed E-state index contributed by atoms with van der Waals surface area (Å²) in [5.41, 5.74) is 3.61. The molecule has 20 heavy (non-hydrogen) atoms. The Kier molecular flexibility index (Phi) is 2.50. The Hall–Kier alpha value is -2.01. The number of Topliss-reactive ketones (excluding diaryl/α,β-unsaturated/α-hetero) is 1. The quantitative estimate of drug-likeness (QED) is 0.688. The van der Waals surface area contributed by atoms with Crippen molar-refractivity contribution < 1.29 is 4.79 Å². The number of hydrogen-bond acceptors (Lipinski definition) is 3. The van der Waals surface area contributed by atoms with E-state index in [-0.39, 0.29) is 11.8 Å². The molecule has 0 fully saturated rings. The number of para-hydroxylation sites is 1. The van der Waals surface area contributed by atoms with Gasteiger partial charge >= 0.3 is 0 Å². The van der Waals surface area contributed by atoms with E-state index in [4.69, 9.17) is 0 Å². The van der Waals surface area contributed by atoms with Crippen LogP contribution in [0.1, 0.15) is 28.4 Å². The molecule has 4 rings (SSSR count). The fourth-order valence-corrected chi connectivity index (χ4v) is 3.17. The lowest BCUT2D eigenvalue weighted by Crippen LogP contribution is -2.09. The summed E-state index contributed by atoms with van der Waals surface area (Å²) in [4.78, 5) is 12.1. The molecule has 0 N–H and O–H groups in total. The fourth-order valence-electron chi connectivity index (χ4n) is 2.79. The molecule has 0 amide bonds. The van der Waals surface area contributed by atoms with Crippen LogP contribution in [0.5, 0.6) is 0 Å². The van der Waals surface area contributed by atoms with E-state index < -0.39 is 0 Å². The number of nitrogens with zero attached hydrogens (tertiary/aromatic N) is 3. The summed E-state index contributed by atoms with van der Waals surface area (Å²) in [7, 11) is 0. The van der Waals surface area contributed by atoms with Crippen molar-refractivity contribution in [1.29, 1.82) is 0 Å². The molecule has 1 aliphatic carbocycles. The van der Waals surface area contributed by atoms with E-state index >= 15 is 0 Å². The molecule has 1 unspecified atom stereocenters. The summed E-state index contributed by atoms with van der Waals surface area (Å²) >= 11 is 3.47. The zero-order valence-corrected chi connectivity index (χ0v) is 12.0. The third-order valence-electron chi connectivity index (χ3n) is 3.72. The van der Waals surface area contributed by atoms with Gasteiger partial charge in [0.1, 0.15) is 5.52 Å². The lowest BCUT2D eigenvalue weighted by Gasteiger charge is -2.12. The number of carbonyl (C=O) groups is 1. The predicted molar refractivity (Wildman–Crippen MR) is 78.8 cm³/mol. The van der Waals surface area contributed by atoms with Crippen molar-refractivity contribution in [2.75, 3.05) is 0 Å². The van der Waals surface area contributed by atoms with Gasteiger partial charge in [-0.15, -0.1) is 5.10 Å². The van der Waals surface area contributed by atoms with Crippen LogP contribution in [0, 0.1) is 0 Å². The number of aromatic nitrogens is 3. The van der Waals surface area contributed by atoms with E-state index in [1.54, 1.807) is 0 Å². The molecule has 0 radical (unpaired) electrons. The average molecular weight is 328 g/mol. The molecule has 0 saturated carbocycles. The first-order chi connectivity index (χ1) is 9.74. The number of carbonyl (C=O) groups excluding carboxylic acids is 1. The third-order valence-corrected chi connectivity index (χ3v) is 4.22. The van der Waals surface area contributed by atoms with Gasteiger partial charge in [-0.2, -0.15) is 0 Å². The van der Waals surface area contributed by atoms with Crippen LogP contribution in [-0.4, -0.2) is 20.8 Å². The molecule has 0 saturated heterocycles. The molecule has 0 bridgehead atoms. The molecule has 2 aromatic carbocycles. The molecule has 3 aromatic rings. The van der Waals surface area contributed by atoms with E-state index in [1.165, 1.54) is 0 Å². The predicted octanol–water partition coefficient (Wildman–Crippen LogP) is 3.37. The normalized spacial score (nSPS) is 17.6. The Morgan fingerprint density at radius 1 is 1.20 bits per heavy atom. The zero-order valence-electron chi connectivity index (χ0n) is 10.5. The first-order valence-electron chi connectivity index (χ1n) is 6.36. The first-order valence-corrected chi connectivity index (χ1v) is 7.16. The lowest BCUT2D eigenvalue weighted by atomic mass is 10.1. The van der Waals surface area contributed by atoms with Crippen LogP contribution in [0.15, 0.2) is 46.9 Å². The molecular weight excluding hydrogens is 318 g/mol. The fraction of sp³-hybridized carbons (Fsp3) is 0.133. The summed E-state index contributed by atoms with van der Waals surface area (Å²) in [6, 6.07) is 13.5. The van der Waals surface area contributed by atoms with E-state index in [1.807, 2.05) is 47.1 Å². The van der Waals surface area contributed by atoms with Crippen molar-refractivity contribution >= 4 is 32.7 Å². The summed E-state index contributed by atoms with van der Waals surface area (Å²) < 4.78 is 2.83. The highest BCUT2D eigenvalue weighted by Gasteiger charge is 2.32. The summed E-state index contributed by atoms with van der Waals surface area (Å²) in [6.07, 6.45) is 0.444. The standard InChI is InChI=1S/C15H10BrN3O/c16-9-5-6-10-11(7-9)14(8-15(10)20)19-13-4-2-1-3-12(13)17-18-19/h1-7,14H,8H2. The van der Waals surface area contributed by atoms with E-state index in [9.17, 15) is 4.79 Å². The summed E-state index contributed by atoms with van der Waals surface area (Å²) in [5, 5.41) is 8.41. The van der Waals surface area contributed by atoms with Gasteiger partial charge < -0.3 is 0 Å². The molecule has 0 aliphatic heterocycles. The van der Waals surface area contributed by atoms with Crippen molar-refractivity contribution in [2.24, 2.45) is 0 Å². The smallest absolute Gasteiger partial charge is 0.165 e. The Morgan fingerprint density at radius 3 is 2.95 bits per heavy atom. The largest absolute Gasteiger partial charge is 0.294 e. The van der Waals surface area contributed by atoms with Crippen LogP contribution in [0.2, 0.25) is 0 Å². The molecule has 1 aromatic heterocycles. The van der Waals surface area contributed by atoms with Crippen LogP contribution < -0.4 is 0 Å². The summed E-state index contributed by atoms with van der Waals surface area (Å²) in [6.45, 7) is 0. The molecule has 4 nitrogen and oxygen atoms in total. The van der Waals surface area contributed by atoms with Crippen LogP contribution in [0.3, 0.4) is 0 Å². The Balaban J connectivity index is 1.93. The second-order valence-corrected chi connectivity index (χ2v) is 5.81. The maximum atomic E-state index is 12.1. The molecular formula is C15H10BrN3O. The van der Waals surface area contributed by atoms with Gasteiger partial charge in [-0.05, 0) is 35.9 Å². The average Bonchev–Trinajstić information content (AvgIpc) is 3.00. The van der Waals surface area contributed by atoms with Gasteiger partial charge in [0.05, 0.1) is 11.6 Å². The number of rotatable bonds is 1. The minimum atomic E-state index is -0.0672. The van der Waals surface area contributed by atoms with Crippen LogP contribution in [0.25, 0.3) is 11.0 Å². The number of ketones is 1. The van der Waals surface area contributed by atoms with Crippen molar-refractivity contribution in [3.63, 3.8) is 0 Å².